The molecule has 0 unspecified atom stereocenters. The number of nitrogens with one attached hydrogen (secondary N) is 3. The molecule has 0 aromatic heterocycles. The average molecular weight is 390 g/mol. The summed E-state index contributed by atoms with van der Waals surface area (Å²) in [6, 6.07) is 1.76. The van der Waals surface area contributed by atoms with Crippen LogP contribution in [0.4, 0.5) is 17.1 Å². The molecule has 0 aliphatic rings. The molecule has 1 rings (SSSR count). The van der Waals surface area contributed by atoms with Crippen LogP contribution in [-0.2, 0) is 14.4 Å². The van der Waals surface area contributed by atoms with Gasteiger partial charge in [-0.15, -0.1) is 0 Å². The Labute approximate surface area is 168 Å². The van der Waals surface area contributed by atoms with Crippen molar-refractivity contribution in [3.63, 3.8) is 0 Å². The molecule has 0 radical (unpaired) electrons. The lowest BCUT2D eigenvalue weighted by atomic mass is 9.94. The molecule has 0 saturated carbocycles. The zero-order chi connectivity index (χ0) is 21.9. The van der Waals surface area contributed by atoms with Crippen molar-refractivity contribution in [1.29, 1.82) is 0 Å². The van der Waals surface area contributed by atoms with Crippen LogP contribution < -0.4 is 16.0 Å². The van der Waals surface area contributed by atoms with Gasteiger partial charge >= 0.3 is 0 Å². The fourth-order valence-electron chi connectivity index (χ4n) is 2.41. The number of rotatable bonds is 5. The molecule has 1 aromatic carbocycles. The third-order valence-electron chi connectivity index (χ3n) is 4.45. The number of carbonyl (C=O) groups is 3. The number of amides is 3. The third-order valence-corrected chi connectivity index (χ3v) is 4.45. The normalized spacial score (nSPS) is 11.8. The maximum absolute atomic E-state index is 12.5. The Morgan fingerprint density at radius 3 is 1.50 bits per heavy atom. The molecular weight excluding hydrogens is 354 g/mol. The summed E-state index contributed by atoms with van der Waals surface area (Å²) >= 11 is 0. The van der Waals surface area contributed by atoms with Crippen LogP contribution in [0.5, 0.6) is 0 Å². The average Bonchev–Trinajstić information content (AvgIpc) is 2.54. The van der Waals surface area contributed by atoms with E-state index in [0.29, 0.717) is 23.5 Å². The van der Waals surface area contributed by atoms with Crippen LogP contribution >= 0.6 is 0 Å². The smallest absolute Gasteiger partial charge is 0.229 e. The Kier molecular flexibility index (Phi) is 7.40. The predicted molar refractivity (Wildman–Crippen MR) is 116 cm³/mol. The van der Waals surface area contributed by atoms with Crippen molar-refractivity contribution in [3.05, 3.63) is 17.2 Å². The summed E-state index contributed by atoms with van der Waals surface area (Å²) in [5.41, 5.74) is 2.13. The summed E-state index contributed by atoms with van der Waals surface area (Å²) < 4.78 is 0. The van der Waals surface area contributed by atoms with Gasteiger partial charge in [0.25, 0.3) is 0 Å². The minimum atomic E-state index is -0.572. The van der Waals surface area contributed by atoms with Crippen molar-refractivity contribution in [2.24, 2.45) is 10.8 Å². The van der Waals surface area contributed by atoms with E-state index in [-0.39, 0.29) is 17.7 Å². The van der Waals surface area contributed by atoms with Gasteiger partial charge in [0.15, 0.2) is 0 Å². The molecule has 0 bridgehead atoms. The van der Waals surface area contributed by atoms with Gasteiger partial charge < -0.3 is 16.0 Å². The highest BCUT2D eigenvalue weighted by atomic mass is 16.2. The number of hydrogen-bond donors (Lipinski definition) is 3. The molecule has 1 aromatic rings. The molecule has 0 heterocycles. The molecular formula is C22H35N3O3. The summed E-state index contributed by atoms with van der Waals surface area (Å²) in [4.78, 5) is 37.2. The number of carbonyl (C=O) groups excluding carboxylic acids is 3. The van der Waals surface area contributed by atoms with Gasteiger partial charge in [-0.1, -0.05) is 48.5 Å². The first-order chi connectivity index (χ1) is 12.7. The maximum atomic E-state index is 12.5. The van der Waals surface area contributed by atoms with E-state index in [1.165, 1.54) is 0 Å². The van der Waals surface area contributed by atoms with Gasteiger partial charge in [0.2, 0.25) is 17.7 Å². The van der Waals surface area contributed by atoms with E-state index in [1.54, 1.807) is 6.07 Å². The van der Waals surface area contributed by atoms with E-state index < -0.39 is 10.8 Å². The molecule has 0 fully saturated rings. The molecule has 28 heavy (non-hydrogen) atoms. The second kappa shape index (κ2) is 8.76. The van der Waals surface area contributed by atoms with Crippen LogP contribution in [0.3, 0.4) is 0 Å². The number of benzene rings is 1. The SMILES string of the molecule is CCCC(=O)Nc1c(C)c(NC(=O)C(C)(C)C)cc(NC(=O)C(C)(C)C)c1C. The minimum Gasteiger partial charge on any atom is -0.325 e. The van der Waals surface area contributed by atoms with Crippen LogP contribution in [0, 0.1) is 24.7 Å². The van der Waals surface area contributed by atoms with E-state index >= 15 is 0 Å². The summed E-state index contributed by atoms with van der Waals surface area (Å²) in [7, 11) is 0. The second-order valence-corrected chi connectivity index (χ2v) is 9.30. The van der Waals surface area contributed by atoms with Crippen LogP contribution in [0.25, 0.3) is 0 Å². The summed E-state index contributed by atoms with van der Waals surface area (Å²) in [5, 5.41) is 8.81. The van der Waals surface area contributed by atoms with E-state index in [1.807, 2.05) is 62.3 Å². The Bertz CT molecular complexity index is 716. The quantitative estimate of drug-likeness (QED) is 0.661. The van der Waals surface area contributed by atoms with Gasteiger partial charge in [0, 0.05) is 28.6 Å². The monoisotopic (exact) mass is 389 g/mol. The molecule has 156 valence electrons. The van der Waals surface area contributed by atoms with E-state index in [0.717, 1.165) is 17.5 Å². The second-order valence-electron chi connectivity index (χ2n) is 9.30. The highest BCUT2D eigenvalue weighted by Gasteiger charge is 2.26. The molecule has 0 aliphatic heterocycles. The highest BCUT2D eigenvalue weighted by molar-refractivity contribution is 6.02. The Balaban J connectivity index is 3.46. The first kappa shape index (κ1) is 23.7. The van der Waals surface area contributed by atoms with Gasteiger partial charge in [-0.05, 0) is 37.5 Å². The fraction of sp³-hybridized carbons (Fsp3) is 0.591. The topological polar surface area (TPSA) is 87.3 Å². The number of anilines is 3. The van der Waals surface area contributed by atoms with Crippen molar-refractivity contribution in [3.8, 4) is 0 Å². The van der Waals surface area contributed by atoms with Crippen molar-refractivity contribution < 1.29 is 14.4 Å². The standard InChI is InChI=1S/C22H35N3O3/c1-10-11-17(26)25-18-13(2)15(23-19(27)21(4,5)6)12-16(14(18)3)24-20(28)22(7,8)9/h12H,10-11H2,1-9H3,(H,23,27)(H,24,28)(H,25,26). The van der Waals surface area contributed by atoms with E-state index in [4.69, 9.17) is 0 Å². The Morgan fingerprint density at radius 2 is 1.18 bits per heavy atom. The Hall–Kier alpha value is -2.37. The lowest BCUT2D eigenvalue weighted by molar-refractivity contribution is -0.123. The first-order valence-electron chi connectivity index (χ1n) is 9.75. The third kappa shape index (κ3) is 6.08. The molecule has 0 aliphatic carbocycles. The largest absolute Gasteiger partial charge is 0.325 e. The molecule has 0 saturated heterocycles. The summed E-state index contributed by atoms with van der Waals surface area (Å²) in [6.45, 7) is 16.6. The zero-order valence-electron chi connectivity index (χ0n) is 18.7. The van der Waals surface area contributed by atoms with Crippen LogP contribution in [0.15, 0.2) is 6.07 Å². The highest BCUT2D eigenvalue weighted by Crippen LogP contribution is 2.35. The van der Waals surface area contributed by atoms with Crippen molar-refractivity contribution in [2.75, 3.05) is 16.0 Å². The van der Waals surface area contributed by atoms with E-state index in [9.17, 15) is 14.4 Å². The minimum absolute atomic E-state index is 0.0962. The zero-order valence-corrected chi connectivity index (χ0v) is 18.7. The predicted octanol–water partition coefficient (Wildman–Crippen LogP) is 5.01. The Morgan fingerprint density at radius 1 is 0.786 bits per heavy atom. The van der Waals surface area contributed by atoms with Gasteiger partial charge in [-0.3, -0.25) is 14.4 Å². The molecule has 0 atom stereocenters. The lowest BCUT2D eigenvalue weighted by Gasteiger charge is -2.24. The van der Waals surface area contributed by atoms with Gasteiger partial charge in [-0.2, -0.15) is 0 Å². The summed E-state index contributed by atoms with van der Waals surface area (Å²) in [5.74, 6) is -0.377. The number of hydrogen-bond acceptors (Lipinski definition) is 3. The molecule has 3 amide bonds. The fourth-order valence-corrected chi connectivity index (χ4v) is 2.41. The lowest BCUT2D eigenvalue weighted by Crippen LogP contribution is -2.29. The van der Waals surface area contributed by atoms with Gasteiger partial charge in [-0.25, -0.2) is 0 Å². The van der Waals surface area contributed by atoms with Crippen LogP contribution in [-0.4, -0.2) is 17.7 Å². The van der Waals surface area contributed by atoms with Crippen molar-refractivity contribution in [1.82, 2.24) is 0 Å². The molecule has 6 nitrogen and oxygen atoms in total. The first-order valence-corrected chi connectivity index (χ1v) is 9.75. The van der Waals surface area contributed by atoms with Crippen LogP contribution in [0.1, 0.15) is 72.4 Å². The molecule has 6 heteroatoms. The van der Waals surface area contributed by atoms with Crippen molar-refractivity contribution in [2.45, 2.75) is 75.2 Å². The maximum Gasteiger partial charge on any atom is 0.229 e. The van der Waals surface area contributed by atoms with Crippen LogP contribution in [0.2, 0.25) is 0 Å². The summed E-state index contributed by atoms with van der Waals surface area (Å²) in [6.07, 6.45) is 1.14. The van der Waals surface area contributed by atoms with Crippen molar-refractivity contribution >= 4 is 34.8 Å². The molecule has 3 N–H and O–H groups in total. The van der Waals surface area contributed by atoms with Gasteiger partial charge in [0.05, 0.1) is 5.69 Å². The van der Waals surface area contributed by atoms with E-state index in [2.05, 4.69) is 16.0 Å². The van der Waals surface area contributed by atoms with Gasteiger partial charge in [0.1, 0.15) is 0 Å². The molecule has 0 spiro atoms.